The average molecular weight is 290 g/mol. The number of hydrogen-bond acceptors (Lipinski definition) is 3. The number of halogens is 1. The molecule has 0 amide bonds. The fourth-order valence-corrected chi connectivity index (χ4v) is 2.05. The summed E-state index contributed by atoms with van der Waals surface area (Å²) in [6.07, 6.45) is 2.32. The summed E-state index contributed by atoms with van der Waals surface area (Å²) in [7, 11) is 0. The van der Waals surface area contributed by atoms with Crippen LogP contribution in [0.1, 0.15) is 36.8 Å². The molecule has 0 aliphatic carbocycles. The largest absolute Gasteiger partial charge is 0.462 e. The number of benzene rings is 1. The lowest BCUT2D eigenvalue weighted by atomic mass is 10.1. The summed E-state index contributed by atoms with van der Waals surface area (Å²) in [5.41, 5.74) is 1.87. The molecule has 0 unspecified atom stereocenters. The molecule has 1 aromatic carbocycles. The van der Waals surface area contributed by atoms with Crippen LogP contribution in [0, 0.1) is 11.7 Å². The minimum atomic E-state index is -0.374. The summed E-state index contributed by atoms with van der Waals surface area (Å²) in [5, 5.41) is 4.45. The van der Waals surface area contributed by atoms with Gasteiger partial charge in [0, 0.05) is 6.20 Å². The number of rotatable bonds is 5. The van der Waals surface area contributed by atoms with Crippen molar-refractivity contribution in [2.45, 2.75) is 27.2 Å². The monoisotopic (exact) mass is 290 g/mol. The Morgan fingerprint density at radius 1 is 1.33 bits per heavy atom. The summed E-state index contributed by atoms with van der Waals surface area (Å²) in [4.78, 5) is 12.0. The second-order valence-corrected chi connectivity index (χ2v) is 5.23. The van der Waals surface area contributed by atoms with E-state index in [1.54, 1.807) is 29.9 Å². The molecule has 1 aromatic heterocycles. The van der Waals surface area contributed by atoms with Gasteiger partial charge in [-0.15, -0.1) is 0 Å². The summed E-state index contributed by atoms with van der Waals surface area (Å²) in [6.45, 7) is 6.21. The molecular weight excluding hydrogens is 271 g/mol. The molecule has 0 saturated heterocycles. The Balaban J connectivity index is 2.39. The molecular formula is C16H19FN2O2. The number of ether oxygens (including phenoxy) is 1. The van der Waals surface area contributed by atoms with Gasteiger partial charge in [0.2, 0.25) is 0 Å². The van der Waals surface area contributed by atoms with E-state index in [0.717, 1.165) is 0 Å². The zero-order valence-electron chi connectivity index (χ0n) is 12.5. The number of carbonyl (C=O) groups is 1. The Bertz CT molecular complexity index is 618. The van der Waals surface area contributed by atoms with Gasteiger partial charge in [-0.05, 0) is 43.5 Å². The summed E-state index contributed by atoms with van der Waals surface area (Å²) < 4.78 is 19.6. The zero-order chi connectivity index (χ0) is 15.4. The number of hydrogen-bond donors (Lipinski definition) is 0. The molecule has 21 heavy (non-hydrogen) atoms. The van der Waals surface area contributed by atoms with Gasteiger partial charge in [0.05, 0.1) is 18.0 Å². The van der Waals surface area contributed by atoms with Crippen molar-refractivity contribution in [3.63, 3.8) is 0 Å². The van der Waals surface area contributed by atoms with Crippen molar-refractivity contribution >= 4 is 5.97 Å². The predicted molar refractivity (Wildman–Crippen MR) is 78.0 cm³/mol. The highest BCUT2D eigenvalue weighted by Gasteiger charge is 2.18. The van der Waals surface area contributed by atoms with Crippen LogP contribution in [0.2, 0.25) is 0 Å². The van der Waals surface area contributed by atoms with Gasteiger partial charge < -0.3 is 4.74 Å². The second kappa shape index (κ2) is 6.52. The molecule has 0 saturated carbocycles. The quantitative estimate of drug-likeness (QED) is 0.793. The fraction of sp³-hybridized carbons (Fsp3) is 0.375. The van der Waals surface area contributed by atoms with Gasteiger partial charge in [-0.1, -0.05) is 13.8 Å². The van der Waals surface area contributed by atoms with E-state index >= 15 is 0 Å². The molecule has 0 N–H and O–H groups in total. The van der Waals surface area contributed by atoms with Crippen molar-refractivity contribution in [3.05, 3.63) is 47.5 Å². The number of esters is 1. The van der Waals surface area contributed by atoms with Crippen LogP contribution >= 0.6 is 0 Å². The standard InChI is InChI=1S/C16H19FN2O2/c1-4-21-16(20)14-10-19(18-15(14)9-11(2)3)13-7-5-12(17)6-8-13/h5-8,10-11H,4,9H2,1-3H3. The average Bonchev–Trinajstić information content (AvgIpc) is 2.83. The SMILES string of the molecule is CCOC(=O)c1cn(-c2ccc(F)cc2)nc1CC(C)C. The van der Waals surface area contributed by atoms with E-state index in [1.807, 2.05) is 0 Å². The first-order chi connectivity index (χ1) is 10.0. The topological polar surface area (TPSA) is 44.1 Å². The van der Waals surface area contributed by atoms with Gasteiger partial charge in [0.1, 0.15) is 11.4 Å². The molecule has 0 aliphatic heterocycles. The highest BCUT2D eigenvalue weighted by molar-refractivity contribution is 5.90. The Morgan fingerprint density at radius 3 is 2.57 bits per heavy atom. The summed E-state index contributed by atoms with van der Waals surface area (Å²) >= 11 is 0. The highest BCUT2D eigenvalue weighted by atomic mass is 19.1. The maximum absolute atomic E-state index is 13.0. The van der Waals surface area contributed by atoms with Gasteiger partial charge in [-0.2, -0.15) is 5.10 Å². The smallest absolute Gasteiger partial charge is 0.341 e. The first-order valence-electron chi connectivity index (χ1n) is 7.02. The van der Waals surface area contributed by atoms with E-state index in [0.29, 0.717) is 35.9 Å². The van der Waals surface area contributed by atoms with Crippen LogP contribution in [-0.2, 0) is 11.2 Å². The third kappa shape index (κ3) is 3.68. The maximum Gasteiger partial charge on any atom is 0.341 e. The molecule has 0 spiro atoms. The van der Waals surface area contributed by atoms with Crippen LogP contribution < -0.4 is 0 Å². The molecule has 0 bridgehead atoms. The minimum absolute atomic E-state index is 0.307. The molecule has 2 rings (SSSR count). The zero-order valence-corrected chi connectivity index (χ0v) is 12.5. The van der Waals surface area contributed by atoms with Crippen molar-refractivity contribution in [1.82, 2.24) is 9.78 Å². The van der Waals surface area contributed by atoms with E-state index < -0.39 is 0 Å². The third-order valence-electron chi connectivity index (χ3n) is 2.98. The second-order valence-electron chi connectivity index (χ2n) is 5.23. The predicted octanol–water partition coefficient (Wildman–Crippen LogP) is 3.39. The van der Waals surface area contributed by atoms with E-state index in [1.165, 1.54) is 12.1 Å². The number of nitrogens with zero attached hydrogens (tertiary/aromatic N) is 2. The summed E-state index contributed by atoms with van der Waals surface area (Å²) in [6, 6.07) is 5.97. The lowest BCUT2D eigenvalue weighted by Crippen LogP contribution is -2.08. The number of aromatic nitrogens is 2. The van der Waals surface area contributed by atoms with Crippen molar-refractivity contribution in [2.75, 3.05) is 6.61 Å². The van der Waals surface area contributed by atoms with Crippen molar-refractivity contribution in [3.8, 4) is 5.69 Å². The van der Waals surface area contributed by atoms with Gasteiger partial charge in [0.25, 0.3) is 0 Å². The van der Waals surface area contributed by atoms with Crippen LogP contribution in [0.5, 0.6) is 0 Å². The molecule has 0 aliphatic rings. The molecule has 112 valence electrons. The van der Waals surface area contributed by atoms with Crippen molar-refractivity contribution in [1.29, 1.82) is 0 Å². The van der Waals surface area contributed by atoms with Crippen LogP contribution in [0.15, 0.2) is 30.5 Å². The molecule has 5 heteroatoms. The maximum atomic E-state index is 13.0. The molecule has 0 atom stereocenters. The van der Waals surface area contributed by atoms with E-state index in [9.17, 15) is 9.18 Å². The van der Waals surface area contributed by atoms with Crippen LogP contribution in [0.4, 0.5) is 4.39 Å². The Morgan fingerprint density at radius 2 is 2.00 bits per heavy atom. The van der Waals surface area contributed by atoms with E-state index in [2.05, 4.69) is 18.9 Å². The first-order valence-corrected chi connectivity index (χ1v) is 7.02. The highest BCUT2D eigenvalue weighted by Crippen LogP contribution is 2.17. The van der Waals surface area contributed by atoms with Gasteiger partial charge >= 0.3 is 5.97 Å². The minimum Gasteiger partial charge on any atom is -0.462 e. The van der Waals surface area contributed by atoms with E-state index in [-0.39, 0.29) is 11.8 Å². The molecule has 2 aromatic rings. The van der Waals surface area contributed by atoms with Crippen LogP contribution in [0.25, 0.3) is 5.69 Å². The van der Waals surface area contributed by atoms with Gasteiger partial charge in [0.15, 0.2) is 0 Å². The number of carbonyl (C=O) groups excluding carboxylic acids is 1. The van der Waals surface area contributed by atoms with Gasteiger partial charge in [-0.25, -0.2) is 13.9 Å². The fourth-order valence-electron chi connectivity index (χ4n) is 2.05. The van der Waals surface area contributed by atoms with E-state index in [4.69, 9.17) is 4.74 Å². The first kappa shape index (κ1) is 15.2. The Labute approximate surface area is 123 Å². The lowest BCUT2D eigenvalue weighted by molar-refractivity contribution is 0.0525. The summed E-state index contributed by atoms with van der Waals surface area (Å²) in [5.74, 6) is -0.310. The van der Waals surface area contributed by atoms with Crippen molar-refractivity contribution in [2.24, 2.45) is 5.92 Å². The molecule has 1 heterocycles. The Kier molecular flexibility index (Phi) is 4.73. The van der Waals surface area contributed by atoms with Crippen molar-refractivity contribution < 1.29 is 13.9 Å². The third-order valence-corrected chi connectivity index (χ3v) is 2.98. The normalized spacial score (nSPS) is 10.9. The van der Waals surface area contributed by atoms with Crippen LogP contribution in [-0.4, -0.2) is 22.4 Å². The molecule has 4 nitrogen and oxygen atoms in total. The van der Waals surface area contributed by atoms with Gasteiger partial charge in [-0.3, -0.25) is 0 Å². The molecule has 0 radical (unpaired) electrons. The van der Waals surface area contributed by atoms with Crippen LogP contribution in [0.3, 0.4) is 0 Å². The Hall–Kier alpha value is -2.17. The molecule has 0 fully saturated rings. The lowest BCUT2D eigenvalue weighted by Gasteiger charge is -2.04.